The molecule has 30 heavy (non-hydrogen) atoms. The predicted octanol–water partition coefficient (Wildman–Crippen LogP) is 2.95. The van der Waals surface area contributed by atoms with Crippen LogP contribution in [0, 0.1) is 13.8 Å². The van der Waals surface area contributed by atoms with Gasteiger partial charge in [0.1, 0.15) is 24.3 Å². The fraction of sp³-hybridized carbons (Fsp3) is 0.455. The molecule has 0 aliphatic carbocycles. The molecule has 1 atom stereocenters. The van der Waals surface area contributed by atoms with Crippen LogP contribution in [0.1, 0.15) is 49.8 Å². The molecule has 1 aliphatic heterocycles. The zero-order valence-corrected chi connectivity index (χ0v) is 17.7. The molecule has 0 saturated carbocycles. The van der Waals surface area contributed by atoms with Crippen LogP contribution in [-0.4, -0.2) is 34.9 Å². The second-order valence-electron chi connectivity index (χ2n) is 7.94. The van der Waals surface area contributed by atoms with Crippen molar-refractivity contribution < 1.29 is 23.5 Å². The third kappa shape index (κ3) is 4.22. The molecule has 1 N–H and O–H groups in total. The lowest BCUT2D eigenvalue weighted by molar-refractivity contribution is -0.148. The first kappa shape index (κ1) is 21.5. The minimum Gasteiger partial charge on any atom is -0.459 e. The number of hydrogen-bond acceptors (Lipinski definition) is 6. The van der Waals surface area contributed by atoms with Gasteiger partial charge >= 0.3 is 17.6 Å². The Labute approximate surface area is 174 Å². The summed E-state index contributed by atoms with van der Waals surface area (Å²) in [5.41, 5.74) is 1.36. The third-order valence-corrected chi connectivity index (χ3v) is 5.50. The minimum absolute atomic E-state index is 0.166. The van der Waals surface area contributed by atoms with Crippen LogP contribution >= 0.6 is 0 Å². The molecule has 0 radical (unpaired) electrons. The van der Waals surface area contributed by atoms with E-state index in [-0.39, 0.29) is 6.61 Å². The molecule has 2 heterocycles. The van der Waals surface area contributed by atoms with Gasteiger partial charge in [-0.1, -0.05) is 19.8 Å². The van der Waals surface area contributed by atoms with Crippen LogP contribution in [0.25, 0.3) is 11.0 Å². The van der Waals surface area contributed by atoms with E-state index in [1.54, 1.807) is 13.0 Å². The monoisotopic (exact) mass is 414 g/mol. The second kappa shape index (κ2) is 8.30. The summed E-state index contributed by atoms with van der Waals surface area (Å²) in [5, 5.41) is 3.34. The zero-order valence-electron chi connectivity index (χ0n) is 17.7. The number of esters is 1. The van der Waals surface area contributed by atoms with Gasteiger partial charge in [0.2, 0.25) is 0 Å². The standard InChI is InChI=1S/C22H26N2O6/c1-5-6-7-22(4)20(27)24(21(28)23-22)11-19(26)29-12-15-10-18(25)30-17-9-14(3)13(2)8-16(15)17/h8-10H,5-7,11-12H2,1-4H3,(H,23,28)/t22-/m0/s1. The highest BCUT2D eigenvalue weighted by molar-refractivity contribution is 6.08. The van der Waals surface area contributed by atoms with Gasteiger partial charge in [-0.25, -0.2) is 9.59 Å². The topological polar surface area (TPSA) is 106 Å². The first-order chi connectivity index (χ1) is 14.1. The van der Waals surface area contributed by atoms with E-state index in [0.29, 0.717) is 23.0 Å². The Morgan fingerprint density at radius 1 is 1.17 bits per heavy atom. The highest BCUT2D eigenvalue weighted by atomic mass is 16.5. The summed E-state index contributed by atoms with van der Waals surface area (Å²) in [4.78, 5) is 49.9. The Kier molecular flexibility index (Phi) is 5.96. The Bertz CT molecular complexity index is 1070. The van der Waals surface area contributed by atoms with Gasteiger partial charge in [0.25, 0.3) is 5.91 Å². The predicted molar refractivity (Wildman–Crippen MR) is 110 cm³/mol. The van der Waals surface area contributed by atoms with Gasteiger partial charge in [0, 0.05) is 17.0 Å². The van der Waals surface area contributed by atoms with Crippen LogP contribution in [0.3, 0.4) is 0 Å². The first-order valence-electron chi connectivity index (χ1n) is 9.98. The van der Waals surface area contributed by atoms with E-state index in [1.807, 2.05) is 26.8 Å². The van der Waals surface area contributed by atoms with E-state index in [1.165, 1.54) is 6.07 Å². The van der Waals surface area contributed by atoms with Crippen molar-refractivity contribution >= 4 is 28.9 Å². The first-order valence-corrected chi connectivity index (χ1v) is 9.98. The smallest absolute Gasteiger partial charge is 0.336 e. The molecule has 8 nitrogen and oxygen atoms in total. The largest absolute Gasteiger partial charge is 0.459 e. The number of nitrogens with one attached hydrogen (secondary N) is 1. The number of carbonyl (C=O) groups is 3. The van der Waals surface area contributed by atoms with Crippen molar-refractivity contribution in [3.63, 3.8) is 0 Å². The average molecular weight is 414 g/mol. The van der Waals surface area contributed by atoms with Crippen LogP contribution in [0.4, 0.5) is 4.79 Å². The summed E-state index contributed by atoms with van der Waals surface area (Å²) in [5.74, 6) is -1.17. The summed E-state index contributed by atoms with van der Waals surface area (Å²) >= 11 is 0. The second-order valence-corrected chi connectivity index (χ2v) is 7.94. The Morgan fingerprint density at radius 3 is 2.57 bits per heavy atom. The number of amides is 3. The molecule has 160 valence electrons. The number of carbonyl (C=O) groups excluding carboxylic acids is 3. The normalized spacial score (nSPS) is 18.7. The molecule has 1 saturated heterocycles. The molecule has 1 fully saturated rings. The SMILES string of the molecule is CCCC[C@]1(C)NC(=O)N(CC(=O)OCc2cc(=O)oc3cc(C)c(C)cc23)C1=O. The van der Waals surface area contributed by atoms with Crippen molar-refractivity contribution in [1.82, 2.24) is 10.2 Å². The molecule has 3 rings (SSSR count). The summed E-state index contributed by atoms with van der Waals surface area (Å²) in [6.45, 7) is 6.85. The summed E-state index contributed by atoms with van der Waals surface area (Å²) < 4.78 is 10.5. The lowest BCUT2D eigenvalue weighted by Crippen LogP contribution is -2.44. The fourth-order valence-corrected chi connectivity index (χ4v) is 3.53. The van der Waals surface area contributed by atoms with Gasteiger partial charge in [-0.3, -0.25) is 14.5 Å². The van der Waals surface area contributed by atoms with Gasteiger partial charge in [-0.05, 0) is 50.5 Å². The summed E-state index contributed by atoms with van der Waals surface area (Å²) in [6.07, 6.45) is 2.17. The van der Waals surface area contributed by atoms with Crippen LogP contribution in [0.15, 0.2) is 27.4 Å². The van der Waals surface area contributed by atoms with E-state index < -0.39 is 35.6 Å². The van der Waals surface area contributed by atoms with Crippen molar-refractivity contribution in [3.05, 3.63) is 45.3 Å². The highest BCUT2D eigenvalue weighted by Crippen LogP contribution is 2.24. The zero-order chi connectivity index (χ0) is 22.1. The Morgan fingerprint density at radius 2 is 1.87 bits per heavy atom. The average Bonchev–Trinajstić information content (AvgIpc) is 2.89. The number of hydrogen-bond donors (Lipinski definition) is 1. The molecule has 2 aromatic rings. The van der Waals surface area contributed by atoms with Gasteiger partial charge in [-0.2, -0.15) is 0 Å². The van der Waals surface area contributed by atoms with Gasteiger partial charge < -0.3 is 14.5 Å². The maximum absolute atomic E-state index is 12.6. The third-order valence-electron chi connectivity index (χ3n) is 5.50. The number of aryl methyl sites for hydroxylation is 2. The van der Waals surface area contributed by atoms with Crippen molar-refractivity contribution in [2.75, 3.05) is 6.54 Å². The number of urea groups is 1. The van der Waals surface area contributed by atoms with E-state index in [9.17, 15) is 19.2 Å². The molecule has 0 unspecified atom stereocenters. The molecular formula is C22H26N2O6. The number of ether oxygens (including phenoxy) is 1. The van der Waals surface area contributed by atoms with Crippen molar-refractivity contribution in [2.45, 2.75) is 59.1 Å². The number of imide groups is 1. The van der Waals surface area contributed by atoms with Crippen molar-refractivity contribution in [1.29, 1.82) is 0 Å². The molecule has 0 spiro atoms. The lowest BCUT2D eigenvalue weighted by Gasteiger charge is -2.21. The van der Waals surface area contributed by atoms with E-state index in [2.05, 4.69) is 5.32 Å². The summed E-state index contributed by atoms with van der Waals surface area (Å²) in [7, 11) is 0. The van der Waals surface area contributed by atoms with Crippen LogP contribution in [-0.2, 0) is 20.9 Å². The maximum atomic E-state index is 12.6. The lowest BCUT2D eigenvalue weighted by atomic mass is 9.95. The van der Waals surface area contributed by atoms with E-state index in [0.717, 1.165) is 28.9 Å². The maximum Gasteiger partial charge on any atom is 0.336 e. The fourth-order valence-electron chi connectivity index (χ4n) is 3.53. The Hall–Kier alpha value is -3.16. The van der Waals surface area contributed by atoms with Crippen molar-refractivity contribution in [3.8, 4) is 0 Å². The molecule has 8 heteroatoms. The molecule has 1 aliphatic rings. The minimum atomic E-state index is -1.00. The molecule has 0 bridgehead atoms. The van der Waals surface area contributed by atoms with Gasteiger partial charge in [0.15, 0.2) is 0 Å². The van der Waals surface area contributed by atoms with Crippen LogP contribution in [0.2, 0.25) is 0 Å². The van der Waals surface area contributed by atoms with E-state index in [4.69, 9.17) is 9.15 Å². The molecular weight excluding hydrogens is 388 g/mol. The van der Waals surface area contributed by atoms with Gasteiger partial charge in [-0.15, -0.1) is 0 Å². The molecule has 1 aromatic carbocycles. The molecule has 3 amide bonds. The number of fused-ring (bicyclic) bond motifs is 1. The number of rotatable bonds is 7. The Balaban J connectivity index is 1.71. The highest BCUT2D eigenvalue weighted by Gasteiger charge is 2.47. The number of benzene rings is 1. The number of nitrogens with zero attached hydrogens (tertiary/aromatic N) is 1. The summed E-state index contributed by atoms with van der Waals surface area (Å²) in [6, 6.07) is 4.31. The quantitative estimate of drug-likeness (QED) is 0.424. The van der Waals surface area contributed by atoms with Crippen LogP contribution in [0.5, 0.6) is 0 Å². The molecule has 1 aromatic heterocycles. The number of unbranched alkanes of at least 4 members (excludes halogenated alkanes) is 1. The van der Waals surface area contributed by atoms with Gasteiger partial charge in [0.05, 0.1) is 0 Å². The van der Waals surface area contributed by atoms with Crippen LogP contribution < -0.4 is 10.9 Å². The van der Waals surface area contributed by atoms with Crippen molar-refractivity contribution in [2.24, 2.45) is 0 Å². The van der Waals surface area contributed by atoms with E-state index >= 15 is 0 Å².